The zero-order valence-corrected chi connectivity index (χ0v) is 9.25. The van der Waals surface area contributed by atoms with Gasteiger partial charge in [0.05, 0.1) is 6.54 Å². The summed E-state index contributed by atoms with van der Waals surface area (Å²) in [7, 11) is 0. The zero-order valence-electron chi connectivity index (χ0n) is 9.25. The number of carbonyl (C=O) groups is 1. The van der Waals surface area contributed by atoms with E-state index in [1.165, 1.54) is 5.56 Å². The van der Waals surface area contributed by atoms with Crippen LogP contribution in [0.4, 0.5) is 0 Å². The van der Waals surface area contributed by atoms with Gasteiger partial charge in [-0.1, -0.05) is 24.6 Å². The molecule has 0 heterocycles. The molecule has 0 unspecified atom stereocenters. The fourth-order valence-corrected chi connectivity index (χ4v) is 1.12. The molecular formula is C12H17NO2. The van der Waals surface area contributed by atoms with Gasteiger partial charge in [-0.05, 0) is 19.1 Å². The first-order chi connectivity index (χ1) is 7.22. The summed E-state index contributed by atoms with van der Waals surface area (Å²) < 4.78 is 5.44. The van der Waals surface area contributed by atoms with Crippen molar-refractivity contribution in [3.05, 3.63) is 29.8 Å². The second kappa shape index (κ2) is 6.06. The monoisotopic (exact) mass is 207 g/mol. The standard InChI is InChI=1S/C12H17NO2/c1-3-12(14)13-8-9-15-11-6-4-10(2)5-7-11/h4-7H,3,8-9H2,1-2H3,(H,13,14). The van der Waals surface area contributed by atoms with Gasteiger partial charge >= 0.3 is 0 Å². The van der Waals surface area contributed by atoms with Crippen molar-refractivity contribution in [2.45, 2.75) is 20.3 Å². The normalized spacial score (nSPS) is 9.73. The van der Waals surface area contributed by atoms with Crippen LogP contribution in [0.15, 0.2) is 24.3 Å². The van der Waals surface area contributed by atoms with Crippen LogP contribution in [0.3, 0.4) is 0 Å². The van der Waals surface area contributed by atoms with Crippen molar-refractivity contribution in [3.8, 4) is 5.75 Å². The molecule has 1 aromatic carbocycles. The Morgan fingerprint density at radius 2 is 2.00 bits per heavy atom. The highest BCUT2D eigenvalue weighted by atomic mass is 16.5. The quantitative estimate of drug-likeness (QED) is 0.749. The van der Waals surface area contributed by atoms with Crippen LogP contribution in [0.1, 0.15) is 18.9 Å². The third-order valence-electron chi connectivity index (χ3n) is 2.04. The van der Waals surface area contributed by atoms with E-state index in [1.807, 2.05) is 38.1 Å². The van der Waals surface area contributed by atoms with Crippen LogP contribution in [0.5, 0.6) is 5.75 Å². The predicted octanol–water partition coefficient (Wildman–Crippen LogP) is 1.90. The van der Waals surface area contributed by atoms with E-state index in [0.29, 0.717) is 19.6 Å². The molecule has 0 aliphatic heterocycles. The van der Waals surface area contributed by atoms with Crippen molar-refractivity contribution in [1.82, 2.24) is 5.32 Å². The number of amides is 1. The van der Waals surface area contributed by atoms with E-state index in [2.05, 4.69) is 5.32 Å². The Morgan fingerprint density at radius 3 is 2.60 bits per heavy atom. The zero-order chi connectivity index (χ0) is 11.1. The van der Waals surface area contributed by atoms with Crippen LogP contribution in [0, 0.1) is 6.92 Å². The Labute approximate surface area is 90.4 Å². The van der Waals surface area contributed by atoms with E-state index in [4.69, 9.17) is 4.74 Å². The van der Waals surface area contributed by atoms with Crippen molar-refractivity contribution >= 4 is 5.91 Å². The molecule has 0 aliphatic carbocycles. The van der Waals surface area contributed by atoms with Gasteiger partial charge in [0.2, 0.25) is 5.91 Å². The lowest BCUT2D eigenvalue weighted by atomic mass is 10.2. The van der Waals surface area contributed by atoms with E-state index in [-0.39, 0.29) is 5.91 Å². The Morgan fingerprint density at radius 1 is 1.33 bits per heavy atom. The largest absolute Gasteiger partial charge is 0.492 e. The minimum Gasteiger partial charge on any atom is -0.492 e. The number of hydrogen-bond acceptors (Lipinski definition) is 2. The molecule has 0 atom stereocenters. The second-order valence-corrected chi connectivity index (χ2v) is 3.37. The molecule has 0 spiro atoms. The summed E-state index contributed by atoms with van der Waals surface area (Å²) in [4.78, 5) is 10.9. The van der Waals surface area contributed by atoms with E-state index in [1.54, 1.807) is 0 Å². The minimum absolute atomic E-state index is 0.0579. The first-order valence-electron chi connectivity index (χ1n) is 5.18. The molecule has 0 aromatic heterocycles. The van der Waals surface area contributed by atoms with Crippen molar-refractivity contribution in [1.29, 1.82) is 0 Å². The molecule has 15 heavy (non-hydrogen) atoms. The molecule has 0 saturated carbocycles. The Kier molecular flexibility index (Phi) is 4.68. The van der Waals surface area contributed by atoms with E-state index >= 15 is 0 Å². The predicted molar refractivity (Wildman–Crippen MR) is 60.0 cm³/mol. The van der Waals surface area contributed by atoms with Gasteiger partial charge in [0, 0.05) is 6.42 Å². The van der Waals surface area contributed by atoms with Crippen LogP contribution >= 0.6 is 0 Å². The summed E-state index contributed by atoms with van der Waals surface area (Å²) >= 11 is 0. The molecule has 0 bridgehead atoms. The molecule has 3 heteroatoms. The molecule has 0 radical (unpaired) electrons. The van der Waals surface area contributed by atoms with Gasteiger partial charge < -0.3 is 10.1 Å². The van der Waals surface area contributed by atoms with Crippen molar-refractivity contribution in [2.75, 3.05) is 13.2 Å². The summed E-state index contributed by atoms with van der Waals surface area (Å²) in [6.07, 6.45) is 0.518. The lowest BCUT2D eigenvalue weighted by Gasteiger charge is -2.07. The van der Waals surface area contributed by atoms with Gasteiger partial charge in [0.15, 0.2) is 0 Å². The van der Waals surface area contributed by atoms with E-state index < -0.39 is 0 Å². The molecule has 0 saturated heterocycles. The molecule has 82 valence electrons. The summed E-state index contributed by atoms with van der Waals surface area (Å²) in [5.41, 5.74) is 1.21. The Hall–Kier alpha value is -1.51. The van der Waals surface area contributed by atoms with E-state index in [0.717, 1.165) is 5.75 Å². The second-order valence-electron chi connectivity index (χ2n) is 3.37. The molecule has 0 aliphatic rings. The lowest BCUT2D eigenvalue weighted by Crippen LogP contribution is -2.27. The Bertz CT molecular complexity index is 306. The molecule has 1 N–H and O–H groups in total. The van der Waals surface area contributed by atoms with Gasteiger partial charge in [0.25, 0.3) is 0 Å². The number of nitrogens with one attached hydrogen (secondary N) is 1. The summed E-state index contributed by atoms with van der Waals surface area (Å²) in [5.74, 6) is 0.897. The maximum absolute atomic E-state index is 10.9. The number of rotatable bonds is 5. The van der Waals surface area contributed by atoms with Gasteiger partial charge in [-0.2, -0.15) is 0 Å². The Balaban J connectivity index is 2.20. The number of carbonyl (C=O) groups excluding carboxylic acids is 1. The van der Waals surface area contributed by atoms with Crippen molar-refractivity contribution < 1.29 is 9.53 Å². The van der Waals surface area contributed by atoms with Crippen molar-refractivity contribution in [3.63, 3.8) is 0 Å². The van der Waals surface area contributed by atoms with Crippen LogP contribution in [0.2, 0.25) is 0 Å². The maximum atomic E-state index is 10.9. The van der Waals surface area contributed by atoms with Crippen LogP contribution < -0.4 is 10.1 Å². The highest BCUT2D eigenvalue weighted by Crippen LogP contribution is 2.10. The number of hydrogen-bond donors (Lipinski definition) is 1. The first kappa shape index (κ1) is 11.6. The van der Waals surface area contributed by atoms with Gasteiger partial charge in [-0.3, -0.25) is 4.79 Å². The summed E-state index contributed by atoms with van der Waals surface area (Å²) in [6.45, 7) is 4.93. The third-order valence-corrected chi connectivity index (χ3v) is 2.04. The molecule has 1 rings (SSSR count). The lowest BCUT2D eigenvalue weighted by molar-refractivity contribution is -0.120. The minimum atomic E-state index is 0.0579. The van der Waals surface area contributed by atoms with E-state index in [9.17, 15) is 4.79 Å². The average molecular weight is 207 g/mol. The maximum Gasteiger partial charge on any atom is 0.219 e. The number of ether oxygens (including phenoxy) is 1. The molecule has 0 fully saturated rings. The van der Waals surface area contributed by atoms with Crippen LogP contribution in [0.25, 0.3) is 0 Å². The summed E-state index contributed by atoms with van der Waals surface area (Å²) in [6, 6.07) is 7.86. The van der Waals surface area contributed by atoms with Crippen molar-refractivity contribution in [2.24, 2.45) is 0 Å². The summed E-state index contributed by atoms with van der Waals surface area (Å²) in [5, 5.41) is 2.75. The first-order valence-corrected chi connectivity index (χ1v) is 5.18. The highest BCUT2D eigenvalue weighted by molar-refractivity contribution is 5.75. The highest BCUT2D eigenvalue weighted by Gasteiger charge is 1.96. The number of benzene rings is 1. The topological polar surface area (TPSA) is 38.3 Å². The fraction of sp³-hybridized carbons (Fsp3) is 0.417. The van der Waals surface area contributed by atoms with Gasteiger partial charge in [0.1, 0.15) is 12.4 Å². The average Bonchev–Trinajstić information content (AvgIpc) is 2.26. The molecule has 1 amide bonds. The SMILES string of the molecule is CCC(=O)NCCOc1ccc(C)cc1. The number of aryl methyl sites for hydroxylation is 1. The van der Waals surface area contributed by atoms with Crippen LogP contribution in [-0.2, 0) is 4.79 Å². The molecular weight excluding hydrogens is 190 g/mol. The smallest absolute Gasteiger partial charge is 0.219 e. The fourth-order valence-electron chi connectivity index (χ4n) is 1.12. The molecule has 1 aromatic rings. The third kappa shape index (κ3) is 4.49. The van der Waals surface area contributed by atoms with Gasteiger partial charge in [-0.25, -0.2) is 0 Å². The van der Waals surface area contributed by atoms with Gasteiger partial charge in [-0.15, -0.1) is 0 Å². The molecule has 3 nitrogen and oxygen atoms in total. The van der Waals surface area contributed by atoms with Crippen LogP contribution in [-0.4, -0.2) is 19.1 Å².